The minimum absolute atomic E-state index is 0.0735. The summed E-state index contributed by atoms with van der Waals surface area (Å²) < 4.78 is 7.66. The second-order valence-electron chi connectivity index (χ2n) is 10.1. The molecule has 3 heterocycles. The summed E-state index contributed by atoms with van der Waals surface area (Å²) in [6.45, 7) is 13.7. The Kier molecular flexibility index (Phi) is 7.21. The summed E-state index contributed by atoms with van der Waals surface area (Å²) in [5.41, 5.74) is 3.56. The van der Waals surface area contributed by atoms with Crippen molar-refractivity contribution in [3.8, 4) is 0 Å². The van der Waals surface area contributed by atoms with E-state index in [2.05, 4.69) is 66.1 Å². The molecule has 8 heteroatoms. The van der Waals surface area contributed by atoms with E-state index in [1.165, 1.54) is 0 Å². The van der Waals surface area contributed by atoms with Gasteiger partial charge in [0.1, 0.15) is 5.76 Å². The summed E-state index contributed by atoms with van der Waals surface area (Å²) in [7, 11) is 0. The van der Waals surface area contributed by atoms with Crippen molar-refractivity contribution in [1.29, 1.82) is 0 Å². The number of aromatic amines is 1. The minimum atomic E-state index is -0.226. The van der Waals surface area contributed by atoms with Gasteiger partial charge in [0.05, 0.1) is 24.4 Å². The zero-order valence-electron chi connectivity index (χ0n) is 21.6. The van der Waals surface area contributed by atoms with Gasteiger partial charge in [-0.25, -0.2) is 4.68 Å². The molecule has 1 atom stereocenters. The molecule has 0 saturated heterocycles. The van der Waals surface area contributed by atoms with E-state index in [1.54, 1.807) is 6.26 Å². The van der Waals surface area contributed by atoms with E-state index >= 15 is 0 Å². The molecule has 0 unspecified atom stereocenters. The molecule has 3 aromatic heterocycles. The third kappa shape index (κ3) is 5.22. The fraction of sp³-hybridized carbons (Fsp3) is 0.481. The molecule has 0 radical (unpaired) electrons. The Morgan fingerprint density at radius 3 is 2.66 bits per heavy atom. The highest BCUT2D eigenvalue weighted by Crippen LogP contribution is 2.31. The van der Waals surface area contributed by atoms with Gasteiger partial charge in [-0.2, -0.15) is 0 Å². The first-order valence-corrected chi connectivity index (χ1v) is 12.4. The number of pyridine rings is 1. The van der Waals surface area contributed by atoms with E-state index in [0.717, 1.165) is 52.9 Å². The quantitative estimate of drug-likeness (QED) is 0.329. The summed E-state index contributed by atoms with van der Waals surface area (Å²) in [5, 5.41) is 14.0. The Morgan fingerprint density at radius 1 is 1.17 bits per heavy atom. The number of nitrogens with one attached hydrogen (secondary N) is 1. The number of nitrogens with zero attached hydrogens (tertiary/aromatic N) is 5. The lowest BCUT2D eigenvalue weighted by molar-refractivity contribution is 0.135. The molecular formula is C27H36N6O2. The lowest BCUT2D eigenvalue weighted by Crippen LogP contribution is -2.36. The van der Waals surface area contributed by atoms with Gasteiger partial charge in [0.2, 0.25) is 0 Å². The lowest BCUT2D eigenvalue weighted by Gasteiger charge is -2.33. The number of rotatable bonds is 10. The maximum Gasteiger partial charge on any atom is 0.252 e. The fourth-order valence-electron chi connectivity index (χ4n) is 4.66. The SMILES string of the molecule is CCC[C@@H](c1nnnn1C(C)(C)CC)N(Cc1ccco1)Cc1cc2c(C)cc(C)cc2[nH]c1=O. The summed E-state index contributed by atoms with van der Waals surface area (Å²) in [4.78, 5) is 18.5. The molecule has 4 rings (SSSR count). The summed E-state index contributed by atoms with van der Waals surface area (Å²) in [5.74, 6) is 1.65. The standard InChI is InChI=1S/C27H36N6O2/c1-7-10-24(25-29-30-31-33(25)27(5,6)8-2)32(17-21-11-9-12-35-21)16-20-15-22-19(4)13-18(3)14-23(22)28-26(20)34/h9,11-15,24H,7-8,10,16-17H2,1-6H3,(H,28,34)/t24-/m0/s1. The molecular weight excluding hydrogens is 440 g/mol. The van der Waals surface area contributed by atoms with Gasteiger partial charge in [0.25, 0.3) is 5.56 Å². The van der Waals surface area contributed by atoms with Crippen LogP contribution in [0.3, 0.4) is 0 Å². The maximum atomic E-state index is 13.2. The number of furan rings is 1. The fourth-order valence-corrected chi connectivity index (χ4v) is 4.66. The molecule has 0 fully saturated rings. The highest BCUT2D eigenvalue weighted by atomic mass is 16.3. The van der Waals surface area contributed by atoms with Crippen molar-refractivity contribution < 1.29 is 4.42 Å². The Balaban J connectivity index is 1.79. The first-order chi connectivity index (χ1) is 16.7. The number of benzene rings is 1. The average molecular weight is 477 g/mol. The molecule has 0 aliphatic heterocycles. The summed E-state index contributed by atoms with van der Waals surface area (Å²) >= 11 is 0. The van der Waals surface area contributed by atoms with Gasteiger partial charge in [-0.1, -0.05) is 26.3 Å². The van der Waals surface area contributed by atoms with Crippen molar-refractivity contribution in [3.05, 3.63) is 75.2 Å². The Labute approximate surface area is 206 Å². The zero-order chi connectivity index (χ0) is 25.2. The highest BCUT2D eigenvalue weighted by molar-refractivity contribution is 5.83. The first-order valence-electron chi connectivity index (χ1n) is 12.4. The molecule has 1 aromatic carbocycles. The van der Waals surface area contributed by atoms with Crippen molar-refractivity contribution >= 4 is 10.9 Å². The monoisotopic (exact) mass is 476 g/mol. The third-order valence-corrected chi connectivity index (χ3v) is 6.94. The van der Waals surface area contributed by atoms with E-state index in [9.17, 15) is 4.79 Å². The number of aromatic nitrogens is 5. The summed E-state index contributed by atoms with van der Waals surface area (Å²) in [6.07, 6.45) is 4.38. The Morgan fingerprint density at radius 2 is 1.97 bits per heavy atom. The van der Waals surface area contributed by atoms with E-state index in [4.69, 9.17) is 4.42 Å². The van der Waals surface area contributed by atoms with Crippen LogP contribution in [0.25, 0.3) is 10.9 Å². The number of aryl methyl sites for hydroxylation is 2. The van der Waals surface area contributed by atoms with Crippen molar-refractivity contribution in [2.24, 2.45) is 0 Å². The van der Waals surface area contributed by atoms with Crippen LogP contribution in [-0.2, 0) is 18.6 Å². The van der Waals surface area contributed by atoms with Gasteiger partial charge in [0, 0.05) is 23.0 Å². The van der Waals surface area contributed by atoms with Crippen molar-refractivity contribution in [1.82, 2.24) is 30.1 Å². The third-order valence-electron chi connectivity index (χ3n) is 6.94. The molecule has 186 valence electrons. The maximum absolute atomic E-state index is 13.2. The van der Waals surface area contributed by atoms with E-state index < -0.39 is 0 Å². The number of H-pyrrole nitrogens is 1. The predicted octanol–water partition coefficient (Wildman–Crippen LogP) is 5.41. The number of hydrogen-bond donors (Lipinski definition) is 1. The number of fused-ring (bicyclic) bond motifs is 1. The predicted molar refractivity (Wildman–Crippen MR) is 137 cm³/mol. The molecule has 0 bridgehead atoms. The van der Waals surface area contributed by atoms with Crippen LogP contribution in [0.4, 0.5) is 0 Å². The smallest absolute Gasteiger partial charge is 0.252 e. The lowest BCUT2D eigenvalue weighted by atomic mass is 10.00. The molecule has 0 spiro atoms. The minimum Gasteiger partial charge on any atom is -0.468 e. The van der Waals surface area contributed by atoms with Crippen LogP contribution in [0.5, 0.6) is 0 Å². The largest absolute Gasteiger partial charge is 0.468 e. The second kappa shape index (κ2) is 10.2. The van der Waals surface area contributed by atoms with Crippen LogP contribution in [0.15, 0.2) is 45.8 Å². The topological polar surface area (TPSA) is 92.8 Å². The molecule has 35 heavy (non-hydrogen) atoms. The number of tetrazole rings is 1. The Bertz CT molecular complexity index is 1340. The second-order valence-corrected chi connectivity index (χ2v) is 10.1. The van der Waals surface area contributed by atoms with Crippen molar-refractivity contribution in [2.45, 2.75) is 85.5 Å². The molecule has 0 aliphatic carbocycles. The van der Waals surface area contributed by atoms with E-state index in [0.29, 0.717) is 18.7 Å². The van der Waals surface area contributed by atoms with Gasteiger partial charge in [-0.15, -0.1) is 5.10 Å². The number of hydrogen-bond acceptors (Lipinski definition) is 6. The van der Waals surface area contributed by atoms with E-state index in [-0.39, 0.29) is 17.1 Å². The summed E-state index contributed by atoms with van der Waals surface area (Å²) in [6, 6.07) is 9.97. The van der Waals surface area contributed by atoms with Gasteiger partial charge in [0.15, 0.2) is 5.82 Å². The molecule has 1 N–H and O–H groups in total. The van der Waals surface area contributed by atoms with Crippen LogP contribution in [-0.4, -0.2) is 30.1 Å². The van der Waals surface area contributed by atoms with Crippen LogP contribution in [0.1, 0.15) is 81.3 Å². The van der Waals surface area contributed by atoms with Crippen LogP contribution < -0.4 is 5.56 Å². The first kappa shape index (κ1) is 24.9. The molecule has 8 nitrogen and oxygen atoms in total. The normalized spacial score (nSPS) is 13.1. The van der Waals surface area contributed by atoms with Gasteiger partial charge >= 0.3 is 0 Å². The molecule has 0 saturated carbocycles. The van der Waals surface area contributed by atoms with Gasteiger partial charge in [-0.05, 0) is 86.4 Å². The van der Waals surface area contributed by atoms with Crippen molar-refractivity contribution in [3.63, 3.8) is 0 Å². The van der Waals surface area contributed by atoms with Crippen LogP contribution in [0.2, 0.25) is 0 Å². The highest BCUT2D eigenvalue weighted by Gasteiger charge is 2.32. The molecule has 4 aromatic rings. The average Bonchev–Trinajstić information content (AvgIpc) is 3.50. The Hall–Kier alpha value is -3.26. The van der Waals surface area contributed by atoms with Crippen molar-refractivity contribution in [2.75, 3.05) is 0 Å². The zero-order valence-corrected chi connectivity index (χ0v) is 21.6. The molecule has 0 amide bonds. The van der Waals surface area contributed by atoms with E-state index in [1.807, 2.05) is 35.9 Å². The van der Waals surface area contributed by atoms with Gasteiger partial charge < -0.3 is 9.40 Å². The van der Waals surface area contributed by atoms with Crippen LogP contribution >= 0.6 is 0 Å². The van der Waals surface area contributed by atoms with Crippen LogP contribution in [0, 0.1) is 13.8 Å². The molecule has 0 aliphatic rings. The van der Waals surface area contributed by atoms with Gasteiger partial charge in [-0.3, -0.25) is 9.69 Å².